The van der Waals surface area contributed by atoms with Gasteiger partial charge in [-0.25, -0.2) is 0 Å². The Morgan fingerprint density at radius 2 is 1.93 bits per heavy atom. The summed E-state index contributed by atoms with van der Waals surface area (Å²) in [5.41, 5.74) is 1.35. The molecule has 0 bridgehead atoms. The predicted molar refractivity (Wildman–Crippen MR) is 56.6 cm³/mol. The highest BCUT2D eigenvalue weighted by Crippen LogP contribution is 2.02. The summed E-state index contributed by atoms with van der Waals surface area (Å²) in [5.74, 6) is 0.539. The average Bonchev–Trinajstić information content (AvgIpc) is 2.24. The molecule has 1 heterocycles. The molecule has 0 spiro atoms. The topological polar surface area (TPSA) is 58.6 Å². The van der Waals surface area contributed by atoms with Crippen LogP contribution in [0.4, 0.5) is 0 Å². The van der Waals surface area contributed by atoms with E-state index in [1.165, 1.54) is 0 Å². The molecule has 0 fully saturated rings. The molecule has 1 aromatic carbocycles. The third-order valence-corrected chi connectivity index (χ3v) is 2.09. The van der Waals surface area contributed by atoms with E-state index in [0.29, 0.717) is 17.9 Å². The minimum atomic E-state index is -0.161. The van der Waals surface area contributed by atoms with E-state index in [1.54, 1.807) is 6.92 Å². The SMILES string of the molecule is Cc1nnc(Cc2ccccc2)c(=O)[nH]1. The van der Waals surface area contributed by atoms with Crippen molar-refractivity contribution in [2.45, 2.75) is 13.3 Å². The zero-order valence-electron chi connectivity index (χ0n) is 8.40. The summed E-state index contributed by atoms with van der Waals surface area (Å²) in [5, 5.41) is 7.71. The fourth-order valence-corrected chi connectivity index (χ4v) is 1.35. The van der Waals surface area contributed by atoms with Crippen LogP contribution < -0.4 is 5.56 Å². The van der Waals surface area contributed by atoms with Crippen molar-refractivity contribution in [2.24, 2.45) is 0 Å². The third kappa shape index (κ3) is 2.28. The van der Waals surface area contributed by atoms with Gasteiger partial charge in [-0.3, -0.25) is 4.79 Å². The fraction of sp³-hybridized carbons (Fsp3) is 0.182. The van der Waals surface area contributed by atoms with Crippen LogP contribution in [0, 0.1) is 6.92 Å². The van der Waals surface area contributed by atoms with Crippen molar-refractivity contribution in [2.75, 3.05) is 0 Å². The highest BCUT2D eigenvalue weighted by atomic mass is 16.1. The van der Waals surface area contributed by atoms with Crippen molar-refractivity contribution in [3.8, 4) is 0 Å². The van der Waals surface area contributed by atoms with Gasteiger partial charge >= 0.3 is 0 Å². The molecule has 4 heteroatoms. The first kappa shape index (κ1) is 9.58. The van der Waals surface area contributed by atoms with E-state index in [1.807, 2.05) is 30.3 Å². The monoisotopic (exact) mass is 201 g/mol. The lowest BCUT2D eigenvalue weighted by Gasteiger charge is -1.99. The lowest BCUT2D eigenvalue weighted by Crippen LogP contribution is -2.18. The van der Waals surface area contributed by atoms with Crippen LogP contribution in [-0.4, -0.2) is 15.2 Å². The molecule has 2 aromatic rings. The second-order valence-electron chi connectivity index (χ2n) is 3.35. The number of aryl methyl sites for hydroxylation is 1. The molecule has 0 amide bonds. The number of hydrogen-bond acceptors (Lipinski definition) is 3. The second-order valence-corrected chi connectivity index (χ2v) is 3.35. The molecule has 0 saturated heterocycles. The van der Waals surface area contributed by atoms with Crippen molar-refractivity contribution < 1.29 is 0 Å². The van der Waals surface area contributed by atoms with Crippen molar-refractivity contribution in [3.63, 3.8) is 0 Å². The number of aromatic amines is 1. The van der Waals surface area contributed by atoms with E-state index >= 15 is 0 Å². The van der Waals surface area contributed by atoms with Crippen LogP contribution >= 0.6 is 0 Å². The molecule has 0 saturated carbocycles. The summed E-state index contributed by atoms with van der Waals surface area (Å²) in [4.78, 5) is 14.1. The molecule has 0 aliphatic carbocycles. The Hall–Kier alpha value is -1.97. The van der Waals surface area contributed by atoms with Crippen LogP contribution in [0.5, 0.6) is 0 Å². The van der Waals surface area contributed by atoms with Crippen LogP contribution in [0.1, 0.15) is 17.1 Å². The molecule has 0 radical (unpaired) electrons. The van der Waals surface area contributed by atoms with Gasteiger partial charge in [0.15, 0.2) is 0 Å². The molecule has 76 valence electrons. The molecular formula is C11H11N3O. The molecule has 15 heavy (non-hydrogen) atoms. The number of nitrogens with zero attached hydrogens (tertiary/aromatic N) is 2. The summed E-state index contributed by atoms with van der Waals surface area (Å²) in [6.45, 7) is 1.71. The van der Waals surface area contributed by atoms with Crippen molar-refractivity contribution in [1.82, 2.24) is 15.2 Å². The van der Waals surface area contributed by atoms with E-state index in [9.17, 15) is 4.79 Å². The summed E-state index contributed by atoms with van der Waals surface area (Å²) < 4.78 is 0. The van der Waals surface area contributed by atoms with Crippen LogP contribution in [-0.2, 0) is 6.42 Å². The van der Waals surface area contributed by atoms with Gasteiger partial charge in [-0.05, 0) is 12.5 Å². The summed E-state index contributed by atoms with van der Waals surface area (Å²) in [7, 11) is 0. The van der Waals surface area contributed by atoms with Crippen LogP contribution in [0.25, 0.3) is 0 Å². The van der Waals surface area contributed by atoms with Crippen LogP contribution in [0.15, 0.2) is 35.1 Å². The maximum atomic E-state index is 11.5. The Bertz CT molecular complexity index is 505. The van der Waals surface area contributed by atoms with Gasteiger partial charge in [-0.1, -0.05) is 30.3 Å². The molecule has 0 aliphatic heterocycles. The maximum Gasteiger partial charge on any atom is 0.273 e. The number of H-pyrrole nitrogens is 1. The molecule has 1 N–H and O–H groups in total. The van der Waals surface area contributed by atoms with Crippen molar-refractivity contribution in [1.29, 1.82) is 0 Å². The Morgan fingerprint density at radius 1 is 1.20 bits per heavy atom. The predicted octanol–water partition coefficient (Wildman–Crippen LogP) is 1.06. The van der Waals surface area contributed by atoms with Crippen LogP contribution in [0.3, 0.4) is 0 Å². The van der Waals surface area contributed by atoms with Crippen molar-refractivity contribution >= 4 is 0 Å². The highest BCUT2D eigenvalue weighted by Gasteiger charge is 2.03. The van der Waals surface area contributed by atoms with Gasteiger partial charge < -0.3 is 4.98 Å². The average molecular weight is 201 g/mol. The number of rotatable bonds is 2. The lowest BCUT2D eigenvalue weighted by atomic mass is 10.1. The second kappa shape index (κ2) is 4.04. The third-order valence-electron chi connectivity index (χ3n) is 2.09. The minimum Gasteiger partial charge on any atom is -0.308 e. The number of aromatic nitrogens is 3. The Kier molecular flexibility index (Phi) is 2.58. The van der Waals surface area contributed by atoms with Gasteiger partial charge in [0.05, 0.1) is 0 Å². The summed E-state index contributed by atoms with van der Waals surface area (Å²) >= 11 is 0. The quantitative estimate of drug-likeness (QED) is 0.790. The standard InChI is InChI=1S/C11H11N3O/c1-8-12-11(15)10(14-13-8)7-9-5-3-2-4-6-9/h2-6H,7H2,1H3,(H,12,13,15). The van der Waals surface area contributed by atoms with E-state index in [4.69, 9.17) is 0 Å². The van der Waals surface area contributed by atoms with Gasteiger partial charge in [0.2, 0.25) is 0 Å². The summed E-state index contributed by atoms with van der Waals surface area (Å²) in [6, 6.07) is 9.73. The molecular weight excluding hydrogens is 190 g/mol. The Labute approximate surface area is 87.0 Å². The van der Waals surface area contributed by atoms with Gasteiger partial charge in [-0.15, -0.1) is 10.2 Å². The van der Waals surface area contributed by atoms with Gasteiger partial charge in [0.25, 0.3) is 5.56 Å². The summed E-state index contributed by atoms with van der Waals surface area (Å²) in [6.07, 6.45) is 0.517. The fourth-order valence-electron chi connectivity index (χ4n) is 1.35. The minimum absolute atomic E-state index is 0.161. The highest BCUT2D eigenvalue weighted by molar-refractivity contribution is 5.19. The Balaban J connectivity index is 2.29. The number of nitrogens with one attached hydrogen (secondary N) is 1. The first-order valence-corrected chi connectivity index (χ1v) is 4.72. The molecule has 4 nitrogen and oxygen atoms in total. The lowest BCUT2D eigenvalue weighted by molar-refractivity contribution is 0.826. The van der Waals surface area contributed by atoms with Gasteiger partial charge in [0.1, 0.15) is 11.5 Å². The zero-order valence-corrected chi connectivity index (χ0v) is 8.40. The maximum absolute atomic E-state index is 11.5. The smallest absolute Gasteiger partial charge is 0.273 e. The number of hydrogen-bond donors (Lipinski definition) is 1. The molecule has 0 atom stereocenters. The van der Waals surface area contributed by atoms with E-state index in [0.717, 1.165) is 5.56 Å². The number of benzene rings is 1. The molecule has 0 unspecified atom stereocenters. The van der Waals surface area contributed by atoms with Crippen molar-refractivity contribution in [3.05, 3.63) is 57.8 Å². The van der Waals surface area contributed by atoms with Gasteiger partial charge in [-0.2, -0.15) is 0 Å². The molecule has 0 aliphatic rings. The first-order chi connectivity index (χ1) is 7.25. The zero-order chi connectivity index (χ0) is 10.7. The largest absolute Gasteiger partial charge is 0.308 e. The first-order valence-electron chi connectivity index (χ1n) is 4.72. The van der Waals surface area contributed by atoms with Crippen LogP contribution in [0.2, 0.25) is 0 Å². The van der Waals surface area contributed by atoms with E-state index < -0.39 is 0 Å². The molecule has 1 aromatic heterocycles. The van der Waals surface area contributed by atoms with Gasteiger partial charge in [0, 0.05) is 6.42 Å². The van der Waals surface area contributed by atoms with E-state index in [-0.39, 0.29) is 5.56 Å². The molecule has 2 rings (SSSR count). The van der Waals surface area contributed by atoms with E-state index in [2.05, 4.69) is 15.2 Å². The Morgan fingerprint density at radius 3 is 2.60 bits per heavy atom. The normalized spacial score (nSPS) is 10.2.